The van der Waals surface area contributed by atoms with Gasteiger partial charge >= 0.3 is 6.18 Å². The van der Waals surface area contributed by atoms with Crippen LogP contribution in [0.5, 0.6) is 11.5 Å². The van der Waals surface area contributed by atoms with E-state index in [9.17, 15) is 13.2 Å². The number of halogens is 3. The molecule has 0 radical (unpaired) electrons. The van der Waals surface area contributed by atoms with Crippen molar-refractivity contribution in [2.24, 2.45) is 0 Å². The Morgan fingerprint density at radius 1 is 1.00 bits per heavy atom. The van der Waals surface area contributed by atoms with Gasteiger partial charge in [0.25, 0.3) is 0 Å². The van der Waals surface area contributed by atoms with Gasteiger partial charge in [-0.2, -0.15) is 18.3 Å². The Morgan fingerprint density at radius 2 is 1.71 bits per heavy atom. The van der Waals surface area contributed by atoms with Crippen LogP contribution in [0.2, 0.25) is 0 Å². The molecule has 3 rings (SSSR count). The molecule has 2 N–H and O–H groups in total. The maximum Gasteiger partial charge on any atom is 0.416 e. The summed E-state index contributed by atoms with van der Waals surface area (Å²) in [5.74, 6) is 0.604. The zero-order valence-corrected chi connectivity index (χ0v) is 15.9. The summed E-state index contributed by atoms with van der Waals surface area (Å²) < 4.78 is 43.9. The number of aromatic amines is 1. The first kappa shape index (κ1) is 19.8. The number of nitrogens with one attached hydrogen (secondary N) is 2. The summed E-state index contributed by atoms with van der Waals surface area (Å²) in [6.45, 7) is 6.92. The summed E-state index contributed by atoms with van der Waals surface area (Å²) in [6, 6.07) is 11.9. The Hall–Kier alpha value is -2.96. The van der Waals surface area contributed by atoms with E-state index in [0.717, 1.165) is 29.1 Å². The van der Waals surface area contributed by atoms with E-state index in [1.165, 1.54) is 12.1 Å². The summed E-state index contributed by atoms with van der Waals surface area (Å²) >= 11 is 0. The minimum Gasteiger partial charge on any atom is -0.457 e. The van der Waals surface area contributed by atoms with E-state index in [0.29, 0.717) is 12.3 Å². The second kappa shape index (κ2) is 7.58. The van der Waals surface area contributed by atoms with Crippen LogP contribution in [0.15, 0.2) is 54.7 Å². The van der Waals surface area contributed by atoms with Gasteiger partial charge in [0.15, 0.2) is 0 Å². The van der Waals surface area contributed by atoms with E-state index in [2.05, 4.69) is 36.3 Å². The van der Waals surface area contributed by atoms with Gasteiger partial charge in [0, 0.05) is 29.4 Å². The number of alkyl halides is 3. The monoisotopic (exact) mass is 389 g/mol. The second-order valence-electron chi connectivity index (χ2n) is 7.51. The molecule has 0 fully saturated rings. The summed E-state index contributed by atoms with van der Waals surface area (Å²) in [5.41, 5.74) is 2.16. The van der Waals surface area contributed by atoms with Gasteiger partial charge in [0.1, 0.15) is 11.5 Å². The first-order valence-electron chi connectivity index (χ1n) is 8.85. The largest absolute Gasteiger partial charge is 0.457 e. The van der Waals surface area contributed by atoms with Gasteiger partial charge in [-0.05, 0) is 42.5 Å². The quantitative estimate of drug-likeness (QED) is 0.552. The number of anilines is 1. The molecule has 0 spiro atoms. The Labute approximate surface area is 161 Å². The third-order valence-corrected chi connectivity index (χ3v) is 4.16. The number of aromatic nitrogens is 2. The van der Waals surface area contributed by atoms with Gasteiger partial charge in [-0.15, -0.1) is 0 Å². The van der Waals surface area contributed by atoms with Crippen molar-refractivity contribution in [1.29, 1.82) is 0 Å². The lowest BCUT2D eigenvalue weighted by atomic mass is 9.89. The van der Waals surface area contributed by atoms with Crippen molar-refractivity contribution >= 4 is 5.69 Å². The maximum absolute atomic E-state index is 12.8. The average Bonchev–Trinajstić information content (AvgIpc) is 3.10. The lowest BCUT2D eigenvalue weighted by Crippen LogP contribution is -2.15. The normalized spacial score (nSPS) is 12.1. The molecule has 3 aromatic rings. The van der Waals surface area contributed by atoms with Gasteiger partial charge in [-0.1, -0.05) is 26.8 Å². The van der Waals surface area contributed by atoms with Crippen molar-refractivity contribution in [2.45, 2.75) is 38.9 Å². The van der Waals surface area contributed by atoms with Crippen LogP contribution in [0.1, 0.15) is 37.6 Å². The first-order valence-corrected chi connectivity index (χ1v) is 8.85. The number of ether oxygens (including phenoxy) is 1. The zero-order valence-electron chi connectivity index (χ0n) is 15.9. The SMILES string of the molecule is CC(C)(C)c1n[nH]cc1CNc1ccc(Oc2cccc(C(F)(F)F)c2)cc1. The molecule has 0 aliphatic heterocycles. The number of benzene rings is 2. The van der Waals surface area contributed by atoms with Gasteiger partial charge < -0.3 is 10.1 Å². The topological polar surface area (TPSA) is 49.9 Å². The van der Waals surface area contributed by atoms with Crippen molar-refractivity contribution in [2.75, 3.05) is 5.32 Å². The smallest absolute Gasteiger partial charge is 0.416 e. The molecule has 4 nitrogen and oxygen atoms in total. The van der Waals surface area contributed by atoms with Crippen LogP contribution in [0.25, 0.3) is 0 Å². The minimum atomic E-state index is -4.40. The number of nitrogens with zero attached hydrogens (tertiary/aromatic N) is 1. The van der Waals surface area contributed by atoms with Gasteiger partial charge in [0.2, 0.25) is 0 Å². The number of H-pyrrole nitrogens is 1. The van der Waals surface area contributed by atoms with Gasteiger partial charge in [-0.25, -0.2) is 0 Å². The molecular weight excluding hydrogens is 367 g/mol. The van der Waals surface area contributed by atoms with E-state index >= 15 is 0 Å². The molecule has 1 heterocycles. The van der Waals surface area contributed by atoms with Crippen LogP contribution in [0, 0.1) is 0 Å². The molecule has 0 bridgehead atoms. The first-order chi connectivity index (χ1) is 13.1. The molecule has 2 aromatic carbocycles. The number of hydrogen-bond donors (Lipinski definition) is 2. The number of rotatable bonds is 5. The van der Waals surface area contributed by atoms with Crippen molar-refractivity contribution in [3.63, 3.8) is 0 Å². The summed E-state index contributed by atoms with van der Waals surface area (Å²) in [7, 11) is 0. The van der Waals surface area contributed by atoms with E-state index in [-0.39, 0.29) is 11.2 Å². The van der Waals surface area contributed by atoms with Gasteiger partial charge in [0.05, 0.1) is 11.3 Å². The van der Waals surface area contributed by atoms with Gasteiger partial charge in [-0.3, -0.25) is 5.10 Å². The molecule has 0 aliphatic rings. The number of hydrogen-bond acceptors (Lipinski definition) is 3. The van der Waals surface area contributed by atoms with E-state index in [1.807, 2.05) is 18.3 Å². The Bertz CT molecular complexity index is 925. The van der Waals surface area contributed by atoms with Crippen molar-refractivity contribution < 1.29 is 17.9 Å². The molecule has 0 atom stereocenters. The predicted octanol–water partition coefficient (Wildman–Crippen LogP) is 6.13. The van der Waals surface area contributed by atoms with Crippen LogP contribution in [-0.2, 0) is 18.1 Å². The third-order valence-electron chi connectivity index (χ3n) is 4.16. The standard InChI is InChI=1S/C21H22F3N3O/c1-20(2,3)19-14(13-26-27-19)12-25-16-7-9-17(10-8-16)28-18-6-4-5-15(11-18)21(22,23)24/h4-11,13,25H,12H2,1-3H3,(H,26,27). The second-order valence-corrected chi connectivity index (χ2v) is 7.51. The highest BCUT2D eigenvalue weighted by molar-refractivity contribution is 5.48. The van der Waals surface area contributed by atoms with Crippen molar-refractivity contribution in [3.05, 3.63) is 71.5 Å². The molecule has 7 heteroatoms. The van der Waals surface area contributed by atoms with Crippen LogP contribution >= 0.6 is 0 Å². The van der Waals surface area contributed by atoms with Crippen LogP contribution in [0.4, 0.5) is 18.9 Å². The minimum absolute atomic E-state index is 0.0559. The summed E-state index contributed by atoms with van der Waals surface area (Å²) in [4.78, 5) is 0. The maximum atomic E-state index is 12.8. The van der Waals surface area contributed by atoms with E-state index < -0.39 is 11.7 Å². The molecule has 0 saturated heterocycles. The van der Waals surface area contributed by atoms with E-state index in [4.69, 9.17) is 4.74 Å². The Morgan fingerprint density at radius 3 is 2.36 bits per heavy atom. The highest BCUT2D eigenvalue weighted by Crippen LogP contribution is 2.33. The molecule has 0 aliphatic carbocycles. The molecule has 148 valence electrons. The highest BCUT2D eigenvalue weighted by atomic mass is 19.4. The Kier molecular flexibility index (Phi) is 5.36. The fourth-order valence-electron chi connectivity index (χ4n) is 2.81. The third kappa shape index (κ3) is 4.85. The van der Waals surface area contributed by atoms with Crippen LogP contribution in [-0.4, -0.2) is 10.2 Å². The summed E-state index contributed by atoms with van der Waals surface area (Å²) in [5, 5.41) is 10.5. The molecule has 28 heavy (non-hydrogen) atoms. The Balaban J connectivity index is 1.64. The molecule has 0 unspecified atom stereocenters. The van der Waals surface area contributed by atoms with Crippen molar-refractivity contribution in [3.8, 4) is 11.5 Å². The fourth-order valence-corrected chi connectivity index (χ4v) is 2.81. The summed E-state index contributed by atoms with van der Waals surface area (Å²) in [6.07, 6.45) is -2.52. The molecule has 0 saturated carbocycles. The average molecular weight is 389 g/mol. The van der Waals surface area contributed by atoms with Crippen LogP contribution in [0.3, 0.4) is 0 Å². The zero-order chi connectivity index (χ0) is 20.4. The molecule has 0 amide bonds. The van der Waals surface area contributed by atoms with Crippen LogP contribution < -0.4 is 10.1 Å². The fraction of sp³-hybridized carbons (Fsp3) is 0.286. The van der Waals surface area contributed by atoms with E-state index in [1.54, 1.807) is 12.1 Å². The molecular formula is C21H22F3N3O. The lowest BCUT2D eigenvalue weighted by molar-refractivity contribution is -0.137. The lowest BCUT2D eigenvalue weighted by Gasteiger charge is -2.18. The van der Waals surface area contributed by atoms with Crippen molar-refractivity contribution in [1.82, 2.24) is 10.2 Å². The molecule has 1 aromatic heterocycles. The predicted molar refractivity (Wildman–Crippen MR) is 103 cm³/mol. The highest BCUT2D eigenvalue weighted by Gasteiger charge is 2.30.